The Morgan fingerprint density at radius 2 is 1.82 bits per heavy atom. The summed E-state index contributed by atoms with van der Waals surface area (Å²) in [6, 6.07) is 8.37. The van der Waals surface area contributed by atoms with Gasteiger partial charge in [-0.25, -0.2) is 0 Å². The highest BCUT2D eigenvalue weighted by atomic mass is 19.3. The van der Waals surface area contributed by atoms with E-state index in [-0.39, 0.29) is 24.2 Å². The molecule has 0 amide bonds. The number of anilines is 1. The minimum atomic E-state index is -3.57. The highest BCUT2D eigenvalue weighted by molar-refractivity contribution is 5.52. The lowest BCUT2D eigenvalue weighted by atomic mass is 9.50. The molecule has 182 valence electrons. The molecule has 0 bridgehead atoms. The van der Waals surface area contributed by atoms with Gasteiger partial charge >= 0.3 is 5.92 Å². The number of halogens is 2. The Morgan fingerprint density at radius 1 is 1.12 bits per heavy atom. The first kappa shape index (κ1) is 23.6. The van der Waals surface area contributed by atoms with E-state index in [0.717, 1.165) is 30.5 Å². The van der Waals surface area contributed by atoms with Crippen LogP contribution in [0.3, 0.4) is 0 Å². The van der Waals surface area contributed by atoms with Gasteiger partial charge in [0.05, 0.1) is 6.10 Å². The molecule has 5 heteroatoms. The van der Waals surface area contributed by atoms with Crippen LogP contribution in [0.2, 0.25) is 0 Å². The molecule has 0 aromatic heterocycles. The molecule has 6 atom stereocenters. The molecule has 0 heterocycles. The molecule has 2 N–H and O–H groups in total. The monoisotopic (exact) mass is 467 g/mol. The second kappa shape index (κ2) is 7.93. The summed E-state index contributed by atoms with van der Waals surface area (Å²) in [5.74, 6) is -1.89. The van der Waals surface area contributed by atoms with Gasteiger partial charge in [-0.2, -0.15) is 8.78 Å². The molecule has 4 unspecified atom stereocenters. The quantitative estimate of drug-likeness (QED) is 0.582. The summed E-state index contributed by atoms with van der Waals surface area (Å²) >= 11 is 0. The predicted molar refractivity (Wildman–Crippen MR) is 131 cm³/mol. The van der Waals surface area contributed by atoms with Gasteiger partial charge in [0.1, 0.15) is 5.60 Å². The topological polar surface area (TPSA) is 43.7 Å². The largest absolute Gasteiger partial charge is 0.389 e. The Bertz CT molecular complexity index is 1080. The normalized spacial score (nSPS) is 37.3. The van der Waals surface area contributed by atoms with Crippen LogP contribution in [0.1, 0.15) is 63.4 Å². The third kappa shape index (κ3) is 3.22. The van der Waals surface area contributed by atoms with Crippen LogP contribution >= 0.6 is 0 Å². The van der Waals surface area contributed by atoms with Crippen molar-refractivity contribution in [3.05, 3.63) is 52.6 Å². The Morgan fingerprint density at radius 3 is 2.47 bits per heavy atom. The third-order valence-electron chi connectivity index (χ3n) is 9.53. The van der Waals surface area contributed by atoms with Crippen LogP contribution in [0, 0.1) is 29.6 Å². The highest BCUT2D eigenvalue weighted by Gasteiger charge is 2.71. The van der Waals surface area contributed by atoms with Gasteiger partial charge in [-0.1, -0.05) is 30.7 Å². The Labute approximate surface area is 201 Å². The first-order valence-corrected chi connectivity index (χ1v) is 12.5. The zero-order valence-corrected chi connectivity index (χ0v) is 20.3. The van der Waals surface area contributed by atoms with Crippen LogP contribution in [0.25, 0.3) is 0 Å². The van der Waals surface area contributed by atoms with E-state index in [1.807, 2.05) is 32.0 Å². The minimum absolute atomic E-state index is 0.0260. The number of alkyl halides is 2. The van der Waals surface area contributed by atoms with E-state index in [1.54, 1.807) is 5.92 Å². The number of aliphatic hydroxyl groups is 2. The number of aliphatic hydroxyl groups excluding tert-OH is 1. The number of hydrogen-bond acceptors (Lipinski definition) is 3. The van der Waals surface area contributed by atoms with Gasteiger partial charge in [-0.3, -0.25) is 0 Å². The number of fused-ring (bicyclic) bond motifs is 4. The van der Waals surface area contributed by atoms with Crippen molar-refractivity contribution in [3.8, 4) is 12.3 Å². The van der Waals surface area contributed by atoms with Gasteiger partial charge in [0.2, 0.25) is 0 Å². The summed E-state index contributed by atoms with van der Waals surface area (Å²) in [5, 5.41) is 21.8. The van der Waals surface area contributed by atoms with Gasteiger partial charge in [-0.05, 0) is 91.5 Å². The second-order valence-electron chi connectivity index (χ2n) is 11.3. The molecule has 0 radical (unpaired) electrons. The van der Waals surface area contributed by atoms with Crippen molar-refractivity contribution in [1.29, 1.82) is 0 Å². The van der Waals surface area contributed by atoms with Crippen molar-refractivity contribution in [2.45, 2.75) is 75.4 Å². The van der Waals surface area contributed by atoms with Crippen LogP contribution in [0.15, 0.2) is 47.1 Å². The molecule has 1 aromatic rings. The summed E-state index contributed by atoms with van der Waals surface area (Å²) in [7, 11) is 3.99. The van der Waals surface area contributed by atoms with E-state index >= 15 is 8.78 Å². The van der Waals surface area contributed by atoms with Gasteiger partial charge < -0.3 is 15.1 Å². The highest BCUT2D eigenvalue weighted by Crippen LogP contribution is 2.69. The maximum atomic E-state index is 15.1. The number of rotatable bonds is 3. The third-order valence-corrected chi connectivity index (χ3v) is 9.53. The molecule has 0 aliphatic heterocycles. The molecular formula is C29H35F2NO2. The fourth-order valence-corrected chi connectivity index (χ4v) is 7.72. The zero-order valence-electron chi connectivity index (χ0n) is 20.3. The molecule has 5 rings (SSSR count). The second-order valence-corrected chi connectivity index (χ2v) is 11.3. The minimum Gasteiger partial charge on any atom is -0.389 e. The van der Waals surface area contributed by atoms with Crippen LogP contribution in [0.4, 0.5) is 14.5 Å². The van der Waals surface area contributed by atoms with Gasteiger partial charge in [-0.15, -0.1) is 6.42 Å². The van der Waals surface area contributed by atoms with Crippen molar-refractivity contribution >= 4 is 5.69 Å². The zero-order chi connectivity index (χ0) is 24.5. The standard InChI is InChI=1S/C29H35F2NO2/c1-5-29(30,31)28(34)15-14-25-23-12-8-19-16-21(33)11-13-22(19)26(23)24(17-27(25,28)2)18-6-9-20(10-7-18)32(3)4/h1,6-7,9-10,16,21,23-25,33-34H,8,11-15,17H2,2-4H3/t21?,23?,24?,25?,27-,28-/m0/s1. The number of benzene rings is 1. The van der Waals surface area contributed by atoms with Crippen molar-refractivity contribution in [2.24, 2.45) is 17.3 Å². The summed E-state index contributed by atoms with van der Waals surface area (Å²) in [6.07, 6.45) is 11.1. The number of nitrogens with zero attached hydrogens (tertiary/aromatic N) is 1. The van der Waals surface area contributed by atoms with E-state index in [9.17, 15) is 10.2 Å². The molecule has 4 aliphatic rings. The van der Waals surface area contributed by atoms with Crippen LogP contribution in [-0.4, -0.2) is 41.9 Å². The fourth-order valence-electron chi connectivity index (χ4n) is 7.72. The van der Waals surface area contributed by atoms with E-state index in [4.69, 9.17) is 6.42 Å². The molecular weight excluding hydrogens is 432 g/mol. The van der Waals surface area contributed by atoms with Crippen molar-refractivity contribution in [3.63, 3.8) is 0 Å². The smallest absolute Gasteiger partial charge is 0.336 e. The summed E-state index contributed by atoms with van der Waals surface area (Å²) in [6.45, 7) is 1.86. The summed E-state index contributed by atoms with van der Waals surface area (Å²) in [5.41, 5.74) is 2.89. The Hall–Kier alpha value is -2.16. The van der Waals surface area contributed by atoms with Crippen molar-refractivity contribution in [1.82, 2.24) is 0 Å². The van der Waals surface area contributed by atoms with Gasteiger partial charge in [0.15, 0.2) is 0 Å². The summed E-state index contributed by atoms with van der Waals surface area (Å²) in [4.78, 5) is 2.04. The molecule has 2 fully saturated rings. The molecule has 4 aliphatic carbocycles. The SMILES string of the molecule is C#CC(F)(F)[C@]1(O)CCC2C3CCC4=CC(O)CCC4=C3C(c3ccc(N(C)C)cc3)C[C@@]21C. The molecule has 34 heavy (non-hydrogen) atoms. The molecule has 0 saturated heterocycles. The lowest BCUT2D eigenvalue weighted by Gasteiger charge is -2.55. The van der Waals surface area contributed by atoms with E-state index in [0.29, 0.717) is 19.3 Å². The van der Waals surface area contributed by atoms with Crippen LogP contribution < -0.4 is 4.90 Å². The Balaban J connectivity index is 1.67. The summed E-state index contributed by atoms with van der Waals surface area (Å²) < 4.78 is 30.2. The Kier molecular flexibility index (Phi) is 5.50. The molecule has 3 nitrogen and oxygen atoms in total. The number of hydrogen-bond donors (Lipinski definition) is 2. The maximum Gasteiger partial charge on any atom is 0.336 e. The van der Waals surface area contributed by atoms with E-state index in [2.05, 4.69) is 24.3 Å². The average molecular weight is 468 g/mol. The molecule has 2 saturated carbocycles. The predicted octanol–water partition coefficient (Wildman–Crippen LogP) is 5.44. The number of terminal acetylenes is 1. The van der Waals surface area contributed by atoms with E-state index in [1.165, 1.54) is 16.7 Å². The van der Waals surface area contributed by atoms with Crippen LogP contribution in [-0.2, 0) is 0 Å². The van der Waals surface area contributed by atoms with Crippen LogP contribution in [0.5, 0.6) is 0 Å². The maximum absolute atomic E-state index is 15.1. The average Bonchev–Trinajstić information content (AvgIpc) is 3.10. The lowest BCUT2D eigenvalue weighted by Crippen LogP contribution is -2.60. The number of allylic oxidation sites excluding steroid dienone is 3. The fraction of sp³-hybridized carbons (Fsp3) is 0.586. The molecule has 1 aromatic carbocycles. The van der Waals surface area contributed by atoms with Crippen molar-refractivity contribution < 1.29 is 19.0 Å². The van der Waals surface area contributed by atoms with Gasteiger partial charge in [0.25, 0.3) is 0 Å². The van der Waals surface area contributed by atoms with E-state index < -0.39 is 23.0 Å². The van der Waals surface area contributed by atoms with Crippen molar-refractivity contribution in [2.75, 3.05) is 19.0 Å². The lowest BCUT2D eigenvalue weighted by molar-refractivity contribution is -0.209. The first-order valence-electron chi connectivity index (χ1n) is 12.5. The first-order chi connectivity index (χ1) is 16.0. The molecule has 0 spiro atoms. The van der Waals surface area contributed by atoms with Gasteiger partial charge in [0, 0.05) is 31.1 Å².